The normalized spacial score (nSPS) is 16.9. The number of amides is 1. The van der Waals surface area contributed by atoms with Crippen molar-refractivity contribution < 1.29 is 29.0 Å². The summed E-state index contributed by atoms with van der Waals surface area (Å²) in [6, 6.07) is 9.38. The Kier molecular flexibility index (Phi) is 7.89. The van der Waals surface area contributed by atoms with Crippen molar-refractivity contribution in [1.29, 1.82) is 0 Å². The standard InChI is InChI=1S/C27H26N2O6S2/c1-5-12-34-26(33)24-16(4)28-27(37-24)29-21(19-7-6-13-36-19)20(23(31)25(29)32)22(30)17-8-10-18(11-9-17)35-14-15(2)3/h5-11,13,15,21,30H,1,12,14H2,2-4H3/b22-20+. The van der Waals surface area contributed by atoms with Crippen LogP contribution in [0.3, 0.4) is 0 Å². The van der Waals surface area contributed by atoms with Crippen molar-refractivity contribution in [2.45, 2.75) is 26.8 Å². The number of ether oxygens (including phenoxy) is 2. The van der Waals surface area contributed by atoms with Gasteiger partial charge in [-0.25, -0.2) is 9.78 Å². The molecule has 1 aliphatic heterocycles. The average molecular weight is 539 g/mol. The van der Waals surface area contributed by atoms with Gasteiger partial charge in [0, 0.05) is 10.4 Å². The van der Waals surface area contributed by atoms with Gasteiger partial charge in [-0.1, -0.05) is 43.9 Å². The molecule has 2 aromatic heterocycles. The van der Waals surface area contributed by atoms with Crippen molar-refractivity contribution in [2.75, 3.05) is 18.1 Å². The lowest BCUT2D eigenvalue weighted by Gasteiger charge is -2.21. The second-order valence-electron chi connectivity index (χ2n) is 8.71. The van der Waals surface area contributed by atoms with Gasteiger partial charge in [0.25, 0.3) is 5.78 Å². The molecule has 1 amide bonds. The first-order valence-electron chi connectivity index (χ1n) is 11.6. The number of carbonyl (C=O) groups is 3. The van der Waals surface area contributed by atoms with E-state index in [1.165, 1.54) is 22.3 Å². The van der Waals surface area contributed by atoms with Crippen molar-refractivity contribution in [1.82, 2.24) is 4.98 Å². The average Bonchev–Trinajstić information content (AvgIpc) is 3.60. The number of rotatable bonds is 9. The van der Waals surface area contributed by atoms with Crippen LogP contribution in [0.25, 0.3) is 5.76 Å². The summed E-state index contributed by atoms with van der Waals surface area (Å²) in [6.07, 6.45) is 1.45. The summed E-state index contributed by atoms with van der Waals surface area (Å²) in [6.45, 7) is 9.83. The Morgan fingerprint density at radius 1 is 1.24 bits per heavy atom. The first-order chi connectivity index (χ1) is 17.7. The minimum atomic E-state index is -0.903. The van der Waals surface area contributed by atoms with E-state index in [0.717, 1.165) is 11.3 Å². The maximum absolute atomic E-state index is 13.3. The number of aromatic nitrogens is 1. The van der Waals surface area contributed by atoms with E-state index in [2.05, 4.69) is 11.6 Å². The molecule has 37 heavy (non-hydrogen) atoms. The number of aliphatic hydroxyl groups is 1. The first kappa shape index (κ1) is 26.3. The molecular weight excluding hydrogens is 512 g/mol. The summed E-state index contributed by atoms with van der Waals surface area (Å²) < 4.78 is 10.8. The van der Waals surface area contributed by atoms with E-state index in [-0.39, 0.29) is 27.9 Å². The van der Waals surface area contributed by atoms with Crippen molar-refractivity contribution >= 4 is 51.2 Å². The second kappa shape index (κ2) is 11.1. The number of anilines is 1. The van der Waals surface area contributed by atoms with E-state index in [1.54, 1.807) is 43.3 Å². The van der Waals surface area contributed by atoms with Crippen LogP contribution in [0.15, 0.2) is 60.0 Å². The van der Waals surface area contributed by atoms with Crippen LogP contribution in [0.5, 0.6) is 5.75 Å². The van der Waals surface area contributed by atoms with Crippen LogP contribution in [-0.2, 0) is 14.3 Å². The molecule has 1 unspecified atom stereocenters. The van der Waals surface area contributed by atoms with Gasteiger partial charge in [0.2, 0.25) is 0 Å². The van der Waals surface area contributed by atoms with Crippen LogP contribution in [0.4, 0.5) is 5.13 Å². The number of thiazole rings is 1. The number of carbonyl (C=O) groups excluding carboxylic acids is 3. The molecule has 8 nitrogen and oxygen atoms in total. The monoisotopic (exact) mass is 538 g/mol. The molecule has 1 N–H and O–H groups in total. The lowest BCUT2D eigenvalue weighted by Crippen LogP contribution is -2.29. The summed E-state index contributed by atoms with van der Waals surface area (Å²) in [5, 5.41) is 13.2. The van der Waals surface area contributed by atoms with Gasteiger partial charge in [-0.05, 0) is 48.6 Å². The zero-order chi connectivity index (χ0) is 26.7. The molecule has 1 aliphatic rings. The van der Waals surface area contributed by atoms with Crippen LogP contribution in [0.2, 0.25) is 0 Å². The van der Waals surface area contributed by atoms with Crippen LogP contribution in [0.1, 0.15) is 45.7 Å². The van der Waals surface area contributed by atoms with E-state index in [0.29, 0.717) is 34.4 Å². The molecule has 10 heteroatoms. The molecule has 0 radical (unpaired) electrons. The Labute approximate surface area is 222 Å². The number of aliphatic hydroxyl groups excluding tert-OH is 1. The molecule has 1 saturated heterocycles. The Balaban J connectivity index is 1.75. The highest BCUT2D eigenvalue weighted by Crippen LogP contribution is 2.45. The Hall–Kier alpha value is -3.76. The summed E-state index contributed by atoms with van der Waals surface area (Å²) >= 11 is 2.30. The number of thiophene rings is 1. The van der Waals surface area contributed by atoms with E-state index < -0.39 is 23.7 Å². The number of Topliss-reactive ketones (excluding diaryl/α,β-unsaturated/α-hetero) is 1. The van der Waals surface area contributed by atoms with Gasteiger partial charge in [-0.2, -0.15) is 0 Å². The highest BCUT2D eigenvalue weighted by molar-refractivity contribution is 7.18. The van der Waals surface area contributed by atoms with E-state index in [4.69, 9.17) is 9.47 Å². The van der Waals surface area contributed by atoms with Crippen LogP contribution >= 0.6 is 22.7 Å². The number of ketones is 1. The Morgan fingerprint density at radius 2 is 1.97 bits per heavy atom. The second-order valence-corrected chi connectivity index (χ2v) is 10.7. The molecule has 1 aromatic carbocycles. The third-order valence-corrected chi connectivity index (χ3v) is 7.54. The molecule has 0 spiro atoms. The summed E-state index contributed by atoms with van der Waals surface area (Å²) in [5.41, 5.74) is 0.699. The zero-order valence-corrected chi connectivity index (χ0v) is 22.2. The third kappa shape index (κ3) is 5.35. The number of benzene rings is 1. The van der Waals surface area contributed by atoms with E-state index in [1.807, 2.05) is 19.2 Å². The lowest BCUT2D eigenvalue weighted by atomic mass is 10.00. The topological polar surface area (TPSA) is 106 Å². The highest BCUT2D eigenvalue weighted by Gasteiger charge is 2.49. The largest absolute Gasteiger partial charge is 0.507 e. The number of esters is 1. The summed E-state index contributed by atoms with van der Waals surface area (Å²) in [5.74, 6) is -1.57. The molecule has 3 heterocycles. The number of hydrogen-bond acceptors (Lipinski definition) is 9. The van der Waals surface area contributed by atoms with Crippen molar-refractivity contribution in [3.63, 3.8) is 0 Å². The van der Waals surface area contributed by atoms with Gasteiger partial charge in [0.05, 0.1) is 17.9 Å². The smallest absolute Gasteiger partial charge is 0.350 e. The minimum Gasteiger partial charge on any atom is -0.507 e. The SMILES string of the molecule is C=CCOC(=O)c1sc(N2C(=O)C(=O)/C(=C(/O)c3ccc(OCC(C)C)cc3)C2c2cccs2)nc1C. The number of nitrogens with zero attached hydrogens (tertiary/aromatic N) is 2. The van der Waals surface area contributed by atoms with Crippen molar-refractivity contribution in [2.24, 2.45) is 5.92 Å². The van der Waals surface area contributed by atoms with E-state index in [9.17, 15) is 19.5 Å². The molecule has 0 bridgehead atoms. The fourth-order valence-electron chi connectivity index (χ4n) is 3.75. The van der Waals surface area contributed by atoms with Gasteiger partial charge in [-0.3, -0.25) is 14.5 Å². The first-order valence-corrected chi connectivity index (χ1v) is 13.3. The fourth-order valence-corrected chi connectivity index (χ4v) is 5.56. The number of aryl methyl sites for hydroxylation is 1. The van der Waals surface area contributed by atoms with Crippen LogP contribution in [-0.4, -0.2) is 41.0 Å². The van der Waals surface area contributed by atoms with E-state index >= 15 is 0 Å². The number of hydrogen-bond donors (Lipinski definition) is 1. The lowest BCUT2D eigenvalue weighted by molar-refractivity contribution is -0.132. The van der Waals surface area contributed by atoms with Gasteiger partial charge < -0.3 is 14.6 Å². The third-order valence-electron chi connectivity index (χ3n) is 5.48. The maximum Gasteiger partial charge on any atom is 0.350 e. The molecule has 0 saturated carbocycles. The fraction of sp³-hybridized carbons (Fsp3) is 0.259. The minimum absolute atomic E-state index is 0.0342. The van der Waals surface area contributed by atoms with Crippen molar-refractivity contribution in [3.05, 3.63) is 81.0 Å². The maximum atomic E-state index is 13.3. The van der Waals surface area contributed by atoms with Gasteiger partial charge in [0.15, 0.2) is 5.13 Å². The molecule has 1 fully saturated rings. The van der Waals surface area contributed by atoms with Gasteiger partial charge in [-0.15, -0.1) is 11.3 Å². The summed E-state index contributed by atoms with van der Waals surface area (Å²) in [7, 11) is 0. The molecule has 1 atom stereocenters. The molecule has 0 aliphatic carbocycles. The molecule has 3 aromatic rings. The molecule has 192 valence electrons. The van der Waals surface area contributed by atoms with Crippen molar-refractivity contribution in [3.8, 4) is 5.75 Å². The quantitative estimate of drug-likeness (QED) is 0.126. The Bertz CT molecular complexity index is 1360. The van der Waals surface area contributed by atoms with Gasteiger partial charge >= 0.3 is 11.9 Å². The predicted molar refractivity (Wildman–Crippen MR) is 143 cm³/mol. The molecular formula is C27H26N2O6S2. The zero-order valence-electron chi connectivity index (χ0n) is 20.6. The Morgan fingerprint density at radius 3 is 2.59 bits per heavy atom. The summed E-state index contributed by atoms with van der Waals surface area (Å²) in [4.78, 5) is 45.5. The van der Waals surface area contributed by atoms with Crippen LogP contribution < -0.4 is 9.64 Å². The molecule has 4 rings (SSSR count). The van der Waals surface area contributed by atoms with Gasteiger partial charge in [0.1, 0.15) is 29.0 Å². The van der Waals surface area contributed by atoms with Crippen LogP contribution in [0, 0.1) is 12.8 Å². The predicted octanol–water partition coefficient (Wildman–Crippen LogP) is 5.52. The highest BCUT2D eigenvalue weighted by atomic mass is 32.1.